The lowest BCUT2D eigenvalue weighted by Crippen LogP contribution is -2.22. The highest BCUT2D eigenvalue weighted by atomic mass is 32.2. The zero-order chi connectivity index (χ0) is 12.4. The van der Waals surface area contributed by atoms with Crippen LogP contribution in [0.2, 0.25) is 0 Å². The van der Waals surface area contributed by atoms with Gasteiger partial charge in [0, 0.05) is 0 Å². The lowest BCUT2D eigenvalue weighted by Gasteiger charge is -2.09. The van der Waals surface area contributed by atoms with Crippen molar-refractivity contribution in [3.8, 4) is 0 Å². The van der Waals surface area contributed by atoms with E-state index in [0.29, 0.717) is 5.82 Å². The van der Waals surface area contributed by atoms with Gasteiger partial charge in [0.2, 0.25) is 0 Å². The van der Waals surface area contributed by atoms with Gasteiger partial charge < -0.3 is 15.8 Å². The number of nitrogen functional groups attached to an aromatic ring is 1. The predicted molar refractivity (Wildman–Crippen MR) is 65.0 cm³/mol. The lowest BCUT2D eigenvalue weighted by atomic mass is 10.2. The highest BCUT2D eigenvalue weighted by Crippen LogP contribution is 2.37. The molecule has 2 rings (SSSR count). The number of thioether (sulfide) groups is 1. The van der Waals surface area contributed by atoms with E-state index in [2.05, 4.69) is 9.97 Å². The first-order chi connectivity index (χ1) is 8.08. The Morgan fingerprint density at radius 2 is 2.41 bits per heavy atom. The molecule has 0 amide bonds. The zero-order valence-corrected chi connectivity index (χ0v) is 9.92. The van der Waals surface area contributed by atoms with Crippen LogP contribution in [-0.4, -0.2) is 26.8 Å². The molecule has 0 aromatic carbocycles. The van der Waals surface area contributed by atoms with E-state index < -0.39 is 17.9 Å². The summed E-state index contributed by atoms with van der Waals surface area (Å²) in [7, 11) is 0. The van der Waals surface area contributed by atoms with Crippen molar-refractivity contribution in [1.29, 1.82) is 0 Å². The summed E-state index contributed by atoms with van der Waals surface area (Å²) in [6.45, 7) is 0. The Morgan fingerprint density at radius 1 is 1.65 bits per heavy atom. The quantitative estimate of drug-likeness (QED) is 0.727. The SMILES string of the molecule is Nc1nc(C2CCCS2)[nH]c(=O)c1CC(=O)O. The number of H-pyrrole nitrogens is 1. The Morgan fingerprint density at radius 3 is 2.94 bits per heavy atom. The van der Waals surface area contributed by atoms with Crippen molar-refractivity contribution >= 4 is 23.5 Å². The number of carboxylic acid groups (broad SMARTS) is 1. The summed E-state index contributed by atoms with van der Waals surface area (Å²) < 4.78 is 0. The van der Waals surface area contributed by atoms with Crippen LogP contribution in [-0.2, 0) is 11.2 Å². The van der Waals surface area contributed by atoms with Gasteiger partial charge in [0.25, 0.3) is 5.56 Å². The van der Waals surface area contributed by atoms with E-state index in [9.17, 15) is 9.59 Å². The minimum atomic E-state index is -1.09. The third-order valence-corrected chi connectivity index (χ3v) is 4.01. The maximum atomic E-state index is 11.7. The number of aromatic amines is 1. The lowest BCUT2D eigenvalue weighted by molar-refractivity contribution is -0.136. The molecule has 4 N–H and O–H groups in total. The number of hydrogen-bond donors (Lipinski definition) is 3. The molecule has 1 aromatic heterocycles. The number of nitrogens with zero attached hydrogens (tertiary/aromatic N) is 1. The molecule has 6 nitrogen and oxygen atoms in total. The average molecular weight is 255 g/mol. The van der Waals surface area contributed by atoms with Gasteiger partial charge >= 0.3 is 5.97 Å². The van der Waals surface area contributed by atoms with Crippen molar-refractivity contribution in [1.82, 2.24) is 9.97 Å². The third-order valence-electron chi connectivity index (χ3n) is 2.63. The van der Waals surface area contributed by atoms with E-state index in [1.807, 2.05) is 0 Å². The minimum Gasteiger partial charge on any atom is -0.481 e. The van der Waals surface area contributed by atoms with Crippen LogP contribution in [0.1, 0.15) is 29.5 Å². The molecule has 1 unspecified atom stereocenters. The van der Waals surface area contributed by atoms with E-state index in [-0.39, 0.29) is 16.6 Å². The van der Waals surface area contributed by atoms with Crippen LogP contribution in [0, 0.1) is 0 Å². The van der Waals surface area contributed by atoms with Crippen LogP contribution in [0.4, 0.5) is 5.82 Å². The average Bonchev–Trinajstić information content (AvgIpc) is 2.76. The van der Waals surface area contributed by atoms with E-state index in [1.165, 1.54) is 0 Å². The summed E-state index contributed by atoms with van der Waals surface area (Å²) in [4.78, 5) is 29.0. The second-order valence-corrected chi connectivity index (χ2v) is 5.20. The molecule has 2 heterocycles. The van der Waals surface area contributed by atoms with Gasteiger partial charge in [-0.05, 0) is 18.6 Å². The number of carboxylic acids is 1. The second kappa shape index (κ2) is 4.79. The van der Waals surface area contributed by atoms with Gasteiger partial charge in [-0.25, -0.2) is 4.98 Å². The molecule has 1 aliphatic heterocycles. The molecular weight excluding hydrogens is 242 g/mol. The van der Waals surface area contributed by atoms with Gasteiger partial charge in [-0.15, -0.1) is 0 Å². The summed E-state index contributed by atoms with van der Waals surface area (Å²) in [5.74, 6) is 0.542. The van der Waals surface area contributed by atoms with Gasteiger partial charge in [0.05, 0.1) is 17.2 Å². The molecule has 1 fully saturated rings. The highest BCUT2D eigenvalue weighted by Gasteiger charge is 2.22. The highest BCUT2D eigenvalue weighted by molar-refractivity contribution is 7.99. The fraction of sp³-hybridized carbons (Fsp3) is 0.500. The number of nitrogens with one attached hydrogen (secondary N) is 1. The third kappa shape index (κ3) is 2.60. The van der Waals surface area contributed by atoms with Crippen LogP contribution in [0.15, 0.2) is 4.79 Å². The van der Waals surface area contributed by atoms with E-state index in [1.54, 1.807) is 11.8 Å². The van der Waals surface area contributed by atoms with Crippen LogP contribution < -0.4 is 11.3 Å². The molecule has 1 atom stereocenters. The topological polar surface area (TPSA) is 109 Å². The predicted octanol–water partition coefficient (Wildman–Crippen LogP) is 0.547. The van der Waals surface area contributed by atoms with E-state index >= 15 is 0 Å². The largest absolute Gasteiger partial charge is 0.481 e. The maximum Gasteiger partial charge on any atom is 0.308 e. The molecule has 0 radical (unpaired) electrons. The van der Waals surface area contributed by atoms with Gasteiger partial charge in [0.1, 0.15) is 11.6 Å². The number of nitrogens with two attached hydrogens (primary N) is 1. The number of hydrogen-bond acceptors (Lipinski definition) is 5. The molecule has 17 heavy (non-hydrogen) atoms. The first kappa shape index (κ1) is 12.0. The monoisotopic (exact) mass is 255 g/mol. The molecule has 1 aromatic rings. The van der Waals surface area contributed by atoms with E-state index in [4.69, 9.17) is 10.8 Å². The normalized spacial score (nSPS) is 19.4. The molecule has 1 aliphatic rings. The fourth-order valence-corrected chi connectivity index (χ4v) is 3.02. The Bertz CT molecular complexity index is 494. The maximum absolute atomic E-state index is 11.7. The number of aromatic nitrogens is 2. The number of aliphatic carboxylic acids is 1. The van der Waals surface area contributed by atoms with Crippen LogP contribution in [0.25, 0.3) is 0 Å². The first-order valence-electron chi connectivity index (χ1n) is 5.30. The van der Waals surface area contributed by atoms with Gasteiger partial charge in [-0.2, -0.15) is 11.8 Å². The second-order valence-electron chi connectivity index (χ2n) is 3.89. The van der Waals surface area contributed by atoms with Crippen molar-refractivity contribution in [3.63, 3.8) is 0 Å². The van der Waals surface area contributed by atoms with Gasteiger partial charge in [0.15, 0.2) is 0 Å². The fourth-order valence-electron chi connectivity index (χ4n) is 1.80. The van der Waals surface area contributed by atoms with Crippen molar-refractivity contribution in [2.75, 3.05) is 11.5 Å². The molecule has 0 spiro atoms. The van der Waals surface area contributed by atoms with Crippen molar-refractivity contribution in [3.05, 3.63) is 21.7 Å². The standard InChI is InChI=1S/C10H13N3O3S/c11-8-5(4-7(14)15)10(16)13-9(12-8)6-2-1-3-17-6/h6H,1-4H2,(H,14,15)(H3,11,12,13,16). The van der Waals surface area contributed by atoms with Crippen LogP contribution in [0.5, 0.6) is 0 Å². The summed E-state index contributed by atoms with van der Waals surface area (Å²) in [6.07, 6.45) is 1.66. The Hall–Kier alpha value is -1.50. The van der Waals surface area contributed by atoms with Crippen molar-refractivity contribution in [2.45, 2.75) is 24.5 Å². The smallest absolute Gasteiger partial charge is 0.308 e. The molecule has 1 saturated heterocycles. The number of anilines is 1. The minimum absolute atomic E-state index is 0.0265. The molecule has 0 saturated carbocycles. The Kier molecular flexibility index (Phi) is 3.37. The summed E-state index contributed by atoms with van der Waals surface area (Å²) in [6, 6.07) is 0. The Labute approximate surface area is 102 Å². The Balaban J connectivity index is 2.34. The van der Waals surface area contributed by atoms with Crippen LogP contribution in [0.3, 0.4) is 0 Å². The summed E-state index contributed by atoms with van der Waals surface area (Å²) >= 11 is 1.73. The number of carbonyl (C=O) groups is 1. The zero-order valence-electron chi connectivity index (χ0n) is 9.10. The number of rotatable bonds is 3. The molecule has 92 valence electrons. The summed E-state index contributed by atoms with van der Waals surface area (Å²) in [5, 5.41) is 8.83. The van der Waals surface area contributed by atoms with Gasteiger partial charge in [-0.3, -0.25) is 9.59 Å². The molecule has 7 heteroatoms. The van der Waals surface area contributed by atoms with Gasteiger partial charge in [-0.1, -0.05) is 0 Å². The molecule has 0 bridgehead atoms. The molecule has 0 aliphatic carbocycles. The summed E-state index contributed by atoms with van der Waals surface area (Å²) in [5.41, 5.74) is 5.22. The van der Waals surface area contributed by atoms with Crippen molar-refractivity contribution in [2.24, 2.45) is 0 Å². The first-order valence-corrected chi connectivity index (χ1v) is 6.34. The van der Waals surface area contributed by atoms with Crippen molar-refractivity contribution < 1.29 is 9.90 Å². The molecular formula is C10H13N3O3S. The van der Waals surface area contributed by atoms with E-state index in [0.717, 1.165) is 18.6 Å². The van der Waals surface area contributed by atoms with Crippen LogP contribution >= 0.6 is 11.8 Å².